The lowest BCUT2D eigenvalue weighted by molar-refractivity contribution is -0.0734. The zero-order chi connectivity index (χ0) is 14.0. The minimum absolute atomic E-state index is 0.561. The van der Waals surface area contributed by atoms with Gasteiger partial charge in [0.05, 0.1) is 0 Å². The van der Waals surface area contributed by atoms with Crippen molar-refractivity contribution in [3.63, 3.8) is 0 Å². The maximum Gasteiger partial charge on any atom is -0.00598 e. The topological polar surface area (TPSA) is 0 Å². The highest BCUT2D eigenvalue weighted by molar-refractivity contribution is 5.22. The summed E-state index contributed by atoms with van der Waals surface area (Å²) >= 11 is 0. The van der Waals surface area contributed by atoms with E-state index < -0.39 is 0 Å². The Morgan fingerprint density at radius 2 is 1.80 bits per heavy atom. The van der Waals surface area contributed by atoms with Gasteiger partial charge >= 0.3 is 0 Å². The molecule has 0 saturated heterocycles. The third-order valence-corrected chi connectivity index (χ3v) is 8.50. The Morgan fingerprint density at radius 1 is 0.950 bits per heavy atom. The molecule has 0 aliphatic heterocycles. The molecule has 0 N–H and O–H groups in total. The molecule has 0 aromatic heterocycles. The van der Waals surface area contributed by atoms with Gasteiger partial charge in [-0.05, 0) is 92.8 Å². The highest BCUT2D eigenvalue weighted by atomic mass is 14.6. The molecule has 0 heterocycles. The van der Waals surface area contributed by atoms with Gasteiger partial charge in [0.1, 0.15) is 0 Å². The number of hydrogen-bond acceptors (Lipinski definition) is 0. The molecule has 6 atom stereocenters. The number of fused-ring (bicyclic) bond motifs is 5. The largest absolute Gasteiger partial charge is 0.0850 e. The quantitative estimate of drug-likeness (QED) is 0.476. The van der Waals surface area contributed by atoms with Gasteiger partial charge in [0, 0.05) is 0 Å². The third kappa shape index (κ3) is 1.60. The third-order valence-electron chi connectivity index (χ3n) is 8.50. The molecule has 112 valence electrons. The van der Waals surface area contributed by atoms with E-state index in [-0.39, 0.29) is 0 Å². The van der Waals surface area contributed by atoms with Crippen LogP contribution in [0.4, 0.5) is 0 Å². The first-order valence-corrected chi connectivity index (χ1v) is 9.23. The average molecular weight is 272 g/mol. The Morgan fingerprint density at radius 3 is 2.65 bits per heavy atom. The van der Waals surface area contributed by atoms with Crippen LogP contribution in [-0.2, 0) is 0 Å². The molecule has 0 bridgehead atoms. The maximum atomic E-state index is 2.65. The Kier molecular flexibility index (Phi) is 2.93. The van der Waals surface area contributed by atoms with Crippen LogP contribution in [0.3, 0.4) is 0 Å². The van der Waals surface area contributed by atoms with E-state index in [1.165, 1.54) is 44.9 Å². The second-order valence-electron chi connectivity index (χ2n) is 8.98. The van der Waals surface area contributed by atoms with Crippen molar-refractivity contribution in [3.8, 4) is 0 Å². The van der Waals surface area contributed by atoms with E-state index in [1.54, 1.807) is 18.4 Å². The Balaban J connectivity index is 1.71. The van der Waals surface area contributed by atoms with Crippen LogP contribution < -0.4 is 0 Å². The van der Waals surface area contributed by atoms with Crippen LogP contribution >= 0.6 is 0 Å². The molecule has 1 unspecified atom stereocenters. The van der Waals surface area contributed by atoms with Crippen LogP contribution in [0.5, 0.6) is 0 Å². The summed E-state index contributed by atoms with van der Waals surface area (Å²) in [7, 11) is 0. The van der Waals surface area contributed by atoms with Crippen molar-refractivity contribution in [2.24, 2.45) is 34.5 Å². The summed E-state index contributed by atoms with van der Waals surface area (Å²) in [4.78, 5) is 0. The summed E-state index contributed by atoms with van der Waals surface area (Å²) < 4.78 is 0. The Labute approximate surface area is 125 Å². The molecule has 20 heavy (non-hydrogen) atoms. The zero-order valence-corrected chi connectivity index (χ0v) is 13.8. The first-order valence-electron chi connectivity index (χ1n) is 9.23. The maximum absolute atomic E-state index is 2.65. The lowest BCUT2D eigenvalue weighted by Crippen LogP contribution is -2.52. The number of hydrogen-bond donors (Lipinski definition) is 0. The normalized spacial score (nSPS) is 54.6. The van der Waals surface area contributed by atoms with Crippen molar-refractivity contribution in [1.29, 1.82) is 0 Å². The predicted octanol–water partition coefficient (Wildman–Crippen LogP) is 5.98. The lowest BCUT2D eigenvalue weighted by Gasteiger charge is -2.60. The monoisotopic (exact) mass is 272 g/mol. The van der Waals surface area contributed by atoms with Crippen molar-refractivity contribution in [2.75, 3.05) is 0 Å². The fourth-order valence-electron chi connectivity index (χ4n) is 7.20. The van der Waals surface area contributed by atoms with Crippen LogP contribution in [0.1, 0.15) is 78.6 Å². The lowest BCUT2D eigenvalue weighted by atomic mass is 9.45. The van der Waals surface area contributed by atoms with Crippen LogP contribution in [0, 0.1) is 34.5 Å². The highest BCUT2D eigenvalue weighted by Crippen LogP contribution is 2.66. The van der Waals surface area contributed by atoms with Crippen molar-refractivity contribution in [2.45, 2.75) is 78.6 Å². The summed E-state index contributed by atoms with van der Waals surface area (Å²) in [6.45, 7) is 7.73. The highest BCUT2D eigenvalue weighted by Gasteiger charge is 2.57. The summed E-state index contributed by atoms with van der Waals surface area (Å²) in [6, 6.07) is 0. The van der Waals surface area contributed by atoms with E-state index in [4.69, 9.17) is 0 Å². The molecule has 4 aliphatic carbocycles. The number of allylic oxidation sites excluding steroid dienone is 2. The fraction of sp³-hybridized carbons (Fsp3) is 0.900. The zero-order valence-electron chi connectivity index (χ0n) is 13.8. The molecule has 3 saturated carbocycles. The SMILES string of the molecule is CC1=CCCC2CC[C@@H]3[C@@H](CC[C@]4(C)CCC[C@@H]34)[C@@]12C. The van der Waals surface area contributed by atoms with Gasteiger partial charge in [-0.2, -0.15) is 0 Å². The van der Waals surface area contributed by atoms with Crippen molar-refractivity contribution in [3.05, 3.63) is 11.6 Å². The predicted molar refractivity (Wildman–Crippen MR) is 85.5 cm³/mol. The van der Waals surface area contributed by atoms with Crippen LogP contribution in [0.25, 0.3) is 0 Å². The van der Waals surface area contributed by atoms with E-state index in [1.807, 2.05) is 0 Å². The average Bonchev–Trinajstić information content (AvgIpc) is 2.82. The van der Waals surface area contributed by atoms with Crippen LogP contribution in [0.15, 0.2) is 11.6 Å². The molecule has 0 nitrogen and oxygen atoms in total. The Hall–Kier alpha value is -0.260. The fourth-order valence-corrected chi connectivity index (χ4v) is 7.20. The van der Waals surface area contributed by atoms with Gasteiger partial charge in [0.15, 0.2) is 0 Å². The van der Waals surface area contributed by atoms with Gasteiger partial charge in [-0.3, -0.25) is 0 Å². The summed E-state index contributed by atoms with van der Waals surface area (Å²) in [5.41, 5.74) is 3.03. The van der Waals surface area contributed by atoms with Gasteiger partial charge in [0.25, 0.3) is 0 Å². The second-order valence-corrected chi connectivity index (χ2v) is 8.98. The molecule has 0 heteroatoms. The van der Waals surface area contributed by atoms with Crippen molar-refractivity contribution >= 4 is 0 Å². The molecular weight excluding hydrogens is 240 g/mol. The van der Waals surface area contributed by atoms with E-state index in [9.17, 15) is 0 Å². The van der Waals surface area contributed by atoms with Gasteiger partial charge in [0.2, 0.25) is 0 Å². The van der Waals surface area contributed by atoms with Gasteiger partial charge in [-0.15, -0.1) is 0 Å². The molecule has 4 aliphatic rings. The van der Waals surface area contributed by atoms with E-state index in [0.29, 0.717) is 5.41 Å². The molecule has 3 fully saturated rings. The molecule has 0 spiro atoms. The van der Waals surface area contributed by atoms with Crippen molar-refractivity contribution in [1.82, 2.24) is 0 Å². The summed E-state index contributed by atoms with van der Waals surface area (Å²) in [6.07, 6.45) is 16.1. The van der Waals surface area contributed by atoms with Gasteiger partial charge < -0.3 is 0 Å². The van der Waals surface area contributed by atoms with Crippen LogP contribution in [0.2, 0.25) is 0 Å². The first-order chi connectivity index (χ1) is 9.56. The number of rotatable bonds is 0. The summed E-state index contributed by atoms with van der Waals surface area (Å²) in [5.74, 6) is 4.13. The smallest absolute Gasteiger partial charge is 0.00598 e. The molecular formula is C20H32. The first kappa shape index (κ1) is 13.4. The molecule has 0 radical (unpaired) electrons. The summed E-state index contributed by atoms with van der Waals surface area (Å²) in [5, 5.41) is 0. The minimum Gasteiger partial charge on any atom is -0.0850 e. The van der Waals surface area contributed by atoms with Crippen LogP contribution in [-0.4, -0.2) is 0 Å². The molecule has 0 aromatic carbocycles. The van der Waals surface area contributed by atoms with Gasteiger partial charge in [-0.1, -0.05) is 31.9 Å². The van der Waals surface area contributed by atoms with E-state index in [2.05, 4.69) is 26.8 Å². The minimum atomic E-state index is 0.561. The van der Waals surface area contributed by atoms with Crippen molar-refractivity contribution < 1.29 is 0 Å². The molecule has 4 rings (SSSR count). The van der Waals surface area contributed by atoms with E-state index >= 15 is 0 Å². The van der Waals surface area contributed by atoms with Gasteiger partial charge in [-0.25, -0.2) is 0 Å². The second kappa shape index (κ2) is 4.37. The standard InChI is InChI=1S/C20H32/c1-14-6-4-7-15-9-10-16-17-8-5-12-19(17,2)13-11-18(16)20(14,15)3/h6,15-18H,4-5,7-13H2,1-3H3/t15?,16-,17-,18+,19-,20-/m0/s1. The Bertz CT molecular complexity index is 433. The molecule has 0 aromatic rings. The molecule has 0 amide bonds. The van der Waals surface area contributed by atoms with E-state index in [0.717, 1.165) is 29.1 Å².